The number of likely N-dealkylation sites (tertiary alicyclic amines) is 2. The lowest BCUT2D eigenvalue weighted by molar-refractivity contribution is -0.150. The van der Waals surface area contributed by atoms with Crippen molar-refractivity contribution in [3.63, 3.8) is 0 Å². The van der Waals surface area contributed by atoms with Crippen LogP contribution < -0.4 is 9.47 Å². The predicted molar refractivity (Wildman–Crippen MR) is 114 cm³/mol. The summed E-state index contributed by atoms with van der Waals surface area (Å²) >= 11 is 6.46. The number of amides is 1. The van der Waals surface area contributed by atoms with Gasteiger partial charge in [-0.2, -0.15) is 0 Å². The Hall–Kier alpha value is -2.25. The maximum Gasteiger partial charge on any atom is 0.311 e. The van der Waals surface area contributed by atoms with Crippen LogP contribution >= 0.6 is 11.6 Å². The highest BCUT2D eigenvalue weighted by Crippen LogP contribution is 2.44. The van der Waals surface area contributed by atoms with E-state index in [4.69, 9.17) is 25.8 Å². The van der Waals surface area contributed by atoms with Gasteiger partial charge >= 0.3 is 5.97 Å². The molecule has 1 amide bonds. The molecule has 0 saturated carbocycles. The number of ether oxygens (including phenoxy) is 3. The molecular formula is C22H29ClN2O5. The lowest BCUT2D eigenvalue weighted by Gasteiger charge is -2.47. The Morgan fingerprint density at radius 3 is 2.43 bits per heavy atom. The summed E-state index contributed by atoms with van der Waals surface area (Å²) in [5, 5.41) is 0.615. The van der Waals surface area contributed by atoms with Gasteiger partial charge < -0.3 is 19.1 Å². The van der Waals surface area contributed by atoms with E-state index in [1.165, 1.54) is 7.11 Å². The van der Waals surface area contributed by atoms with Crippen LogP contribution in [0.15, 0.2) is 24.8 Å². The van der Waals surface area contributed by atoms with Gasteiger partial charge in [0, 0.05) is 43.7 Å². The zero-order valence-electron chi connectivity index (χ0n) is 17.8. The minimum absolute atomic E-state index is 0.0123. The van der Waals surface area contributed by atoms with Gasteiger partial charge in [0.2, 0.25) is 5.91 Å². The smallest absolute Gasteiger partial charge is 0.311 e. The SMILES string of the molecule is C=CCN1C(=O)CC(C(=O)OC)C12CCN(Cc1cc(OC)c(OC)cc1Cl)CC2. The fourth-order valence-corrected chi connectivity index (χ4v) is 4.96. The molecule has 1 atom stereocenters. The first kappa shape index (κ1) is 22.4. The van der Waals surface area contributed by atoms with Crippen molar-refractivity contribution in [1.82, 2.24) is 9.80 Å². The van der Waals surface area contributed by atoms with Gasteiger partial charge in [0.1, 0.15) is 0 Å². The van der Waals surface area contributed by atoms with Gasteiger partial charge in [-0.1, -0.05) is 17.7 Å². The second-order valence-corrected chi connectivity index (χ2v) is 8.16. The van der Waals surface area contributed by atoms with Crippen molar-refractivity contribution in [3.05, 3.63) is 35.4 Å². The van der Waals surface area contributed by atoms with Crippen LogP contribution in [0.3, 0.4) is 0 Å². The van der Waals surface area contributed by atoms with Gasteiger partial charge in [-0.3, -0.25) is 14.5 Å². The second kappa shape index (κ2) is 9.27. The minimum Gasteiger partial charge on any atom is -0.493 e. The molecular weight excluding hydrogens is 408 g/mol. The van der Waals surface area contributed by atoms with Crippen LogP contribution in [0.1, 0.15) is 24.8 Å². The largest absolute Gasteiger partial charge is 0.493 e. The van der Waals surface area contributed by atoms with E-state index in [9.17, 15) is 9.59 Å². The van der Waals surface area contributed by atoms with Crippen molar-refractivity contribution >= 4 is 23.5 Å². The molecule has 2 fully saturated rings. The summed E-state index contributed by atoms with van der Waals surface area (Å²) in [6.45, 7) is 6.34. The number of halogens is 1. The van der Waals surface area contributed by atoms with E-state index in [1.807, 2.05) is 11.0 Å². The van der Waals surface area contributed by atoms with Crippen molar-refractivity contribution in [2.75, 3.05) is 41.0 Å². The first-order valence-corrected chi connectivity index (χ1v) is 10.4. The van der Waals surface area contributed by atoms with Crippen LogP contribution in [-0.2, 0) is 20.9 Å². The number of esters is 1. The van der Waals surface area contributed by atoms with Gasteiger partial charge in [0.05, 0.1) is 32.8 Å². The number of hydrogen-bond donors (Lipinski definition) is 0. The molecule has 1 aromatic carbocycles. The molecule has 0 radical (unpaired) electrons. The van der Waals surface area contributed by atoms with Crippen LogP contribution in [0.5, 0.6) is 11.5 Å². The molecule has 2 heterocycles. The van der Waals surface area contributed by atoms with Crippen LogP contribution in [0.25, 0.3) is 0 Å². The van der Waals surface area contributed by atoms with E-state index in [1.54, 1.807) is 26.4 Å². The van der Waals surface area contributed by atoms with E-state index in [0.717, 1.165) is 18.7 Å². The standard InChI is InChI=1S/C22H29ClN2O5/c1-5-8-25-20(26)12-16(21(27)30-4)22(25)6-9-24(10-7-22)14-15-11-18(28-2)19(29-3)13-17(15)23/h5,11,13,16H,1,6-10,12,14H2,2-4H3. The summed E-state index contributed by atoms with van der Waals surface area (Å²) in [7, 11) is 4.55. The van der Waals surface area contributed by atoms with Crippen molar-refractivity contribution < 1.29 is 23.8 Å². The number of carbonyl (C=O) groups excluding carboxylic acids is 2. The molecule has 1 unspecified atom stereocenters. The topological polar surface area (TPSA) is 68.3 Å². The normalized spacial score (nSPS) is 21.0. The van der Waals surface area contributed by atoms with Crippen molar-refractivity contribution in [1.29, 1.82) is 0 Å². The molecule has 0 N–H and O–H groups in total. The highest BCUT2D eigenvalue weighted by atomic mass is 35.5. The number of carbonyl (C=O) groups is 2. The molecule has 2 saturated heterocycles. The Morgan fingerprint density at radius 2 is 1.87 bits per heavy atom. The zero-order valence-corrected chi connectivity index (χ0v) is 18.5. The van der Waals surface area contributed by atoms with Gasteiger partial charge in [0.25, 0.3) is 0 Å². The predicted octanol–water partition coefficient (Wildman–Crippen LogP) is 2.90. The van der Waals surface area contributed by atoms with Gasteiger partial charge in [-0.05, 0) is 24.5 Å². The Balaban J connectivity index is 1.77. The molecule has 0 aliphatic carbocycles. The maximum atomic E-state index is 12.6. The average Bonchev–Trinajstić information content (AvgIpc) is 3.02. The van der Waals surface area contributed by atoms with E-state index in [0.29, 0.717) is 42.5 Å². The average molecular weight is 437 g/mol. The van der Waals surface area contributed by atoms with Crippen LogP contribution in [0.4, 0.5) is 0 Å². The monoisotopic (exact) mass is 436 g/mol. The number of rotatable bonds is 7. The van der Waals surface area contributed by atoms with Gasteiger partial charge in [-0.25, -0.2) is 0 Å². The van der Waals surface area contributed by atoms with Crippen molar-refractivity contribution in [3.8, 4) is 11.5 Å². The van der Waals surface area contributed by atoms with Crippen LogP contribution in [-0.4, -0.2) is 68.2 Å². The molecule has 1 spiro atoms. The molecule has 0 bridgehead atoms. The summed E-state index contributed by atoms with van der Waals surface area (Å²) in [6, 6.07) is 3.65. The number of piperidine rings is 1. The molecule has 2 aliphatic rings. The molecule has 164 valence electrons. The number of nitrogens with zero attached hydrogens (tertiary/aromatic N) is 2. The summed E-state index contributed by atoms with van der Waals surface area (Å²) in [4.78, 5) is 29.2. The molecule has 2 aliphatic heterocycles. The van der Waals surface area contributed by atoms with Crippen molar-refractivity contribution in [2.24, 2.45) is 5.92 Å². The van der Waals surface area contributed by atoms with E-state index >= 15 is 0 Å². The summed E-state index contributed by atoms with van der Waals surface area (Å²) in [5.74, 6) is 0.457. The zero-order chi connectivity index (χ0) is 21.9. The van der Waals surface area contributed by atoms with Crippen molar-refractivity contribution in [2.45, 2.75) is 31.3 Å². The molecule has 30 heavy (non-hydrogen) atoms. The third-order valence-electron chi connectivity index (χ3n) is 6.33. The summed E-state index contributed by atoms with van der Waals surface area (Å²) < 4.78 is 15.7. The van der Waals surface area contributed by atoms with E-state index in [-0.39, 0.29) is 18.3 Å². The van der Waals surface area contributed by atoms with Gasteiger partial charge in [0.15, 0.2) is 11.5 Å². The second-order valence-electron chi connectivity index (χ2n) is 7.75. The van der Waals surface area contributed by atoms with E-state index < -0.39 is 11.5 Å². The van der Waals surface area contributed by atoms with Crippen LogP contribution in [0, 0.1) is 5.92 Å². The molecule has 1 aromatic rings. The fourth-order valence-electron chi connectivity index (χ4n) is 4.74. The first-order valence-electron chi connectivity index (χ1n) is 10.0. The Labute approximate surface area is 182 Å². The Morgan fingerprint density at radius 1 is 1.23 bits per heavy atom. The summed E-state index contributed by atoms with van der Waals surface area (Å²) in [5.41, 5.74) is 0.427. The number of methoxy groups -OCH3 is 3. The highest BCUT2D eigenvalue weighted by Gasteiger charge is 2.56. The third kappa shape index (κ3) is 4.01. The maximum absolute atomic E-state index is 12.6. The lowest BCUT2D eigenvalue weighted by atomic mass is 9.76. The first-order chi connectivity index (χ1) is 14.4. The quantitative estimate of drug-likeness (QED) is 0.483. The summed E-state index contributed by atoms with van der Waals surface area (Å²) in [6.07, 6.45) is 3.30. The Bertz CT molecular complexity index is 820. The molecule has 0 aromatic heterocycles. The lowest BCUT2D eigenvalue weighted by Crippen LogP contribution is -2.57. The third-order valence-corrected chi connectivity index (χ3v) is 6.68. The number of benzene rings is 1. The molecule has 7 nitrogen and oxygen atoms in total. The molecule has 3 rings (SSSR count). The molecule has 8 heteroatoms. The fraction of sp³-hybridized carbons (Fsp3) is 0.545. The van der Waals surface area contributed by atoms with Crippen LogP contribution in [0.2, 0.25) is 5.02 Å². The minimum atomic E-state index is -0.518. The number of hydrogen-bond acceptors (Lipinski definition) is 6. The van der Waals surface area contributed by atoms with Gasteiger partial charge in [-0.15, -0.1) is 6.58 Å². The Kier molecular flexibility index (Phi) is 6.93. The highest BCUT2D eigenvalue weighted by molar-refractivity contribution is 6.31. The van der Waals surface area contributed by atoms with E-state index in [2.05, 4.69) is 11.5 Å².